The summed E-state index contributed by atoms with van der Waals surface area (Å²) in [4.78, 5) is 72.3. The van der Waals surface area contributed by atoms with Crippen LogP contribution in [0.5, 0.6) is 17.2 Å². The van der Waals surface area contributed by atoms with Crippen molar-refractivity contribution in [2.24, 2.45) is 0 Å². The fraction of sp³-hybridized carbons (Fsp3) is 0.294. The van der Waals surface area contributed by atoms with Crippen LogP contribution in [0.4, 0.5) is 0 Å². The Morgan fingerprint density at radius 1 is 0.442 bits per heavy atom. The summed E-state index contributed by atoms with van der Waals surface area (Å²) >= 11 is 0. The van der Waals surface area contributed by atoms with Gasteiger partial charge in [-0.05, 0) is 39.0 Å². The van der Waals surface area contributed by atoms with Gasteiger partial charge in [-0.3, -0.25) is 14.4 Å². The summed E-state index contributed by atoms with van der Waals surface area (Å²) in [7, 11) is 0. The number of ether oxygens (including phenoxy) is 3. The van der Waals surface area contributed by atoms with Crippen molar-refractivity contribution < 1.29 is 43.0 Å². The van der Waals surface area contributed by atoms with Crippen molar-refractivity contribution in [3.63, 3.8) is 0 Å². The van der Waals surface area contributed by atoms with Crippen LogP contribution in [-0.2, 0) is 28.8 Å². The first-order chi connectivity index (χ1) is 20.5. The topological polar surface area (TPSA) is 130 Å². The van der Waals surface area contributed by atoms with Crippen LogP contribution >= 0.6 is 0 Å². The Bertz CT molecular complexity index is 1330. The summed E-state index contributed by atoms with van der Waals surface area (Å²) in [5.74, 6) is -2.41. The van der Waals surface area contributed by atoms with Crippen molar-refractivity contribution in [2.75, 3.05) is 0 Å². The molecule has 43 heavy (non-hydrogen) atoms. The monoisotopic (exact) mass is 586 g/mol. The Morgan fingerprint density at radius 3 is 0.953 bits per heavy atom. The lowest BCUT2D eigenvalue weighted by atomic mass is 9.83. The molecule has 3 rings (SSSR count). The van der Waals surface area contributed by atoms with Crippen molar-refractivity contribution in [2.45, 2.75) is 65.2 Å². The predicted molar refractivity (Wildman–Crippen MR) is 157 cm³/mol. The minimum Gasteiger partial charge on any atom is -0.426 e. The van der Waals surface area contributed by atoms with Crippen molar-refractivity contribution >= 4 is 35.3 Å². The number of para-hydroxylation sites is 3. The molecule has 224 valence electrons. The zero-order valence-electron chi connectivity index (χ0n) is 24.4. The molecule has 0 atom stereocenters. The second kappa shape index (κ2) is 15.9. The van der Waals surface area contributed by atoms with Gasteiger partial charge in [0.2, 0.25) is 0 Å². The molecule has 0 saturated heterocycles. The number of Topliss-reactive ketones (excluding diaryl/α,β-unsaturated/α-hetero) is 3. The lowest BCUT2D eigenvalue weighted by Gasteiger charge is -2.25. The molecule has 0 aromatic heterocycles. The van der Waals surface area contributed by atoms with Crippen LogP contribution in [0.3, 0.4) is 0 Å². The fourth-order valence-corrected chi connectivity index (χ4v) is 4.29. The van der Waals surface area contributed by atoms with Crippen LogP contribution in [0.2, 0.25) is 0 Å². The average Bonchev–Trinajstić information content (AvgIpc) is 2.96. The van der Waals surface area contributed by atoms with Gasteiger partial charge in [0.15, 0.2) is 0 Å². The standard InChI is InChI=1S/C34H34O9/c1-22(35)16-19-31(38)41-28-13-7-4-10-25(28)34(26-11-5-8-14-29(26)42-32(39)20-17-23(2)36)27-12-6-9-15-30(27)43-33(40)21-18-24(3)37/h4-15,34H,16-21H2,1-3H3. The first-order valence-electron chi connectivity index (χ1n) is 13.9. The molecule has 0 saturated carbocycles. The molecule has 0 radical (unpaired) electrons. The molecule has 0 amide bonds. The van der Waals surface area contributed by atoms with Gasteiger partial charge in [0, 0.05) is 41.9 Å². The lowest BCUT2D eigenvalue weighted by Crippen LogP contribution is -2.16. The molecule has 0 aliphatic rings. The van der Waals surface area contributed by atoms with Gasteiger partial charge in [-0.2, -0.15) is 0 Å². The zero-order chi connectivity index (χ0) is 31.4. The summed E-state index contributed by atoms with van der Waals surface area (Å²) in [6, 6.07) is 20.4. The van der Waals surface area contributed by atoms with E-state index in [0.29, 0.717) is 16.7 Å². The molecular formula is C34H34O9. The number of rotatable bonds is 15. The normalized spacial score (nSPS) is 10.6. The minimum absolute atomic E-state index is 0.0303. The highest BCUT2D eigenvalue weighted by Gasteiger charge is 2.28. The van der Waals surface area contributed by atoms with Crippen molar-refractivity contribution in [3.8, 4) is 17.2 Å². The van der Waals surface area contributed by atoms with Crippen LogP contribution in [0, 0.1) is 0 Å². The molecule has 3 aromatic rings. The first kappa shape index (κ1) is 32.6. The molecule has 0 fully saturated rings. The van der Waals surface area contributed by atoms with E-state index in [9.17, 15) is 28.8 Å². The summed E-state index contributed by atoms with van der Waals surface area (Å²) in [6.07, 6.45) is -0.233. The van der Waals surface area contributed by atoms with E-state index in [-0.39, 0.29) is 73.1 Å². The van der Waals surface area contributed by atoms with Gasteiger partial charge in [-0.15, -0.1) is 0 Å². The SMILES string of the molecule is CC(=O)CCC(=O)Oc1ccccc1C(c1ccccc1OC(=O)CCC(C)=O)c1ccccc1OC(=O)CCC(C)=O. The quantitative estimate of drug-likeness (QED) is 0.125. The van der Waals surface area contributed by atoms with Gasteiger partial charge >= 0.3 is 17.9 Å². The number of benzene rings is 3. The van der Waals surface area contributed by atoms with E-state index in [4.69, 9.17) is 14.2 Å². The summed E-state index contributed by atoms with van der Waals surface area (Å²) in [5.41, 5.74) is 1.49. The van der Waals surface area contributed by atoms with E-state index < -0.39 is 23.8 Å². The maximum absolute atomic E-state index is 12.7. The van der Waals surface area contributed by atoms with E-state index in [1.807, 2.05) is 0 Å². The van der Waals surface area contributed by atoms with Gasteiger partial charge in [0.1, 0.15) is 34.6 Å². The van der Waals surface area contributed by atoms with E-state index in [2.05, 4.69) is 0 Å². The van der Waals surface area contributed by atoms with Crippen molar-refractivity contribution in [3.05, 3.63) is 89.5 Å². The summed E-state index contributed by atoms with van der Waals surface area (Å²) < 4.78 is 17.1. The molecule has 0 spiro atoms. The molecule has 0 heterocycles. The Kier molecular flexibility index (Phi) is 12.1. The van der Waals surface area contributed by atoms with E-state index in [1.165, 1.54) is 20.8 Å². The Hall–Kier alpha value is -4.92. The maximum atomic E-state index is 12.7. The minimum atomic E-state index is -0.773. The lowest BCUT2D eigenvalue weighted by molar-refractivity contribution is -0.136. The van der Waals surface area contributed by atoms with Gasteiger partial charge in [-0.1, -0.05) is 54.6 Å². The van der Waals surface area contributed by atoms with E-state index in [1.54, 1.807) is 72.8 Å². The van der Waals surface area contributed by atoms with Crippen molar-refractivity contribution in [1.82, 2.24) is 0 Å². The third kappa shape index (κ3) is 10.1. The van der Waals surface area contributed by atoms with Gasteiger partial charge in [0.05, 0.1) is 19.3 Å². The number of esters is 3. The summed E-state index contributed by atoms with van der Waals surface area (Å²) in [6.45, 7) is 4.17. The number of hydrogen-bond acceptors (Lipinski definition) is 9. The first-order valence-corrected chi connectivity index (χ1v) is 13.9. The third-order valence-corrected chi connectivity index (χ3v) is 6.40. The van der Waals surface area contributed by atoms with E-state index >= 15 is 0 Å². The van der Waals surface area contributed by atoms with Crippen LogP contribution < -0.4 is 14.2 Å². The predicted octanol–water partition coefficient (Wildman–Crippen LogP) is 5.69. The molecule has 9 heteroatoms. The van der Waals surface area contributed by atoms with Crippen LogP contribution in [0.15, 0.2) is 72.8 Å². The second-order valence-electron chi connectivity index (χ2n) is 10.1. The highest BCUT2D eigenvalue weighted by Crippen LogP contribution is 2.44. The van der Waals surface area contributed by atoms with Crippen LogP contribution in [0.1, 0.15) is 81.9 Å². The Labute approximate surface area is 250 Å². The number of carbonyl (C=O) groups is 6. The van der Waals surface area contributed by atoms with Crippen molar-refractivity contribution in [1.29, 1.82) is 0 Å². The fourth-order valence-electron chi connectivity index (χ4n) is 4.29. The van der Waals surface area contributed by atoms with Crippen LogP contribution in [0.25, 0.3) is 0 Å². The largest absolute Gasteiger partial charge is 0.426 e. The molecule has 0 unspecified atom stereocenters. The number of hydrogen-bond donors (Lipinski definition) is 0. The molecular weight excluding hydrogens is 552 g/mol. The van der Waals surface area contributed by atoms with E-state index in [0.717, 1.165) is 0 Å². The van der Waals surface area contributed by atoms with Gasteiger partial charge < -0.3 is 28.6 Å². The summed E-state index contributed by atoms with van der Waals surface area (Å²) in [5, 5.41) is 0. The highest BCUT2D eigenvalue weighted by atomic mass is 16.5. The maximum Gasteiger partial charge on any atom is 0.311 e. The van der Waals surface area contributed by atoms with Gasteiger partial charge in [0.25, 0.3) is 0 Å². The molecule has 0 N–H and O–H groups in total. The molecule has 0 aliphatic heterocycles. The highest BCUT2D eigenvalue weighted by molar-refractivity contribution is 5.84. The number of ketones is 3. The molecule has 0 bridgehead atoms. The van der Waals surface area contributed by atoms with Gasteiger partial charge in [-0.25, -0.2) is 0 Å². The average molecular weight is 587 g/mol. The Balaban J connectivity index is 2.14. The smallest absolute Gasteiger partial charge is 0.311 e. The third-order valence-electron chi connectivity index (χ3n) is 6.40. The zero-order valence-corrected chi connectivity index (χ0v) is 24.4. The molecule has 3 aromatic carbocycles. The molecule has 9 nitrogen and oxygen atoms in total. The number of carbonyl (C=O) groups excluding carboxylic acids is 6. The molecule has 0 aliphatic carbocycles. The van der Waals surface area contributed by atoms with Crippen LogP contribution in [-0.4, -0.2) is 35.3 Å². The second-order valence-corrected chi connectivity index (χ2v) is 10.1. The Morgan fingerprint density at radius 2 is 0.698 bits per heavy atom.